The third-order valence-corrected chi connectivity index (χ3v) is 4.58. The third-order valence-electron chi connectivity index (χ3n) is 3.42. The lowest BCUT2D eigenvalue weighted by molar-refractivity contribution is 0.263. The Morgan fingerprint density at radius 1 is 1.19 bits per heavy atom. The Balaban J connectivity index is 4.09. The summed E-state index contributed by atoms with van der Waals surface area (Å²) in [7, 11) is 0. The maximum atomic E-state index is 9.25. The molecule has 0 heterocycles. The smallest absolute Gasteiger partial charge is 0.0564 e. The zero-order valence-electron chi connectivity index (χ0n) is 11.5. The van der Waals surface area contributed by atoms with Crippen molar-refractivity contribution in [2.75, 3.05) is 12.9 Å². The molecular weight excluding hydrogens is 218 g/mol. The highest BCUT2D eigenvalue weighted by atomic mass is 32.2. The van der Waals surface area contributed by atoms with E-state index in [1.165, 1.54) is 19.3 Å². The molecule has 0 aliphatic heterocycles. The van der Waals surface area contributed by atoms with Crippen molar-refractivity contribution in [3.63, 3.8) is 0 Å². The van der Waals surface area contributed by atoms with E-state index in [1.54, 1.807) is 11.8 Å². The topological polar surface area (TPSA) is 32.3 Å². The summed E-state index contributed by atoms with van der Waals surface area (Å²) in [5.41, 5.74) is 0. The summed E-state index contributed by atoms with van der Waals surface area (Å²) in [6.45, 7) is 9.23. The molecular formula is C13H29NOS. The van der Waals surface area contributed by atoms with E-state index >= 15 is 0 Å². The largest absolute Gasteiger partial charge is 0.395 e. The molecule has 0 saturated carbocycles. The Labute approximate surface area is 106 Å². The van der Waals surface area contributed by atoms with Crippen molar-refractivity contribution in [1.29, 1.82) is 0 Å². The minimum Gasteiger partial charge on any atom is -0.395 e. The maximum Gasteiger partial charge on any atom is 0.0564 e. The average Bonchev–Trinajstić information content (AvgIpc) is 2.29. The van der Waals surface area contributed by atoms with E-state index < -0.39 is 0 Å². The van der Waals surface area contributed by atoms with Gasteiger partial charge in [-0.3, -0.25) is 0 Å². The summed E-state index contributed by atoms with van der Waals surface area (Å²) in [4.78, 5) is 0. The van der Waals surface area contributed by atoms with Crippen LogP contribution >= 0.6 is 11.8 Å². The standard InChI is InChI=1S/C13H29NOS/c1-6-10(3)8-12(7-2)14-11(4)13(9-15)16-5/h10-15H,6-9H2,1-5H3. The molecule has 0 bridgehead atoms. The summed E-state index contributed by atoms with van der Waals surface area (Å²) in [6.07, 6.45) is 5.72. The number of nitrogens with one attached hydrogen (secondary N) is 1. The van der Waals surface area contributed by atoms with Gasteiger partial charge < -0.3 is 10.4 Å². The molecule has 0 saturated heterocycles. The molecule has 0 aromatic carbocycles. The second-order valence-corrected chi connectivity index (χ2v) is 5.84. The van der Waals surface area contributed by atoms with Gasteiger partial charge in [0, 0.05) is 17.3 Å². The van der Waals surface area contributed by atoms with Crippen LogP contribution in [-0.4, -0.2) is 35.3 Å². The number of aliphatic hydroxyl groups is 1. The SMILES string of the molecule is CCC(C)CC(CC)NC(C)C(CO)SC. The fourth-order valence-corrected chi connectivity index (χ4v) is 2.56. The van der Waals surface area contributed by atoms with Crippen LogP contribution in [0, 0.1) is 5.92 Å². The van der Waals surface area contributed by atoms with E-state index in [2.05, 4.69) is 39.3 Å². The Morgan fingerprint density at radius 3 is 2.19 bits per heavy atom. The van der Waals surface area contributed by atoms with Gasteiger partial charge in [-0.2, -0.15) is 11.8 Å². The van der Waals surface area contributed by atoms with E-state index in [4.69, 9.17) is 0 Å². The van der Waals surface area contributed by atoms with Gasteiger partial charge in [0.2, 0.25) is 0 Å². The summed E-state index contributed by atoms with van der Waals surface area (Å²) in [5, 5.41) is 13.2. The van der Waals surface area contributed by atoms with Gasteiger partial charge >= 0.3 is 0 Å². The first-order valence-corrected chi connectivity index (χ1v) is 7.77. The summed E-state index contributed by atoms with van der Waals surface area (Å²) >= 11 is 1.74. The fourth-order valence-electron chi connectivity index (χ4n) is 1.92. The second kappa shape index (κ2) is 9.32. The first-order valence-electron chi connectivity index (χ1n) is 6.48. The fraction of sp³-hybridized carbons (Fsp3) is 1.00. The predicted molar refractivity (Wildman–Crippen MR) is 75.1 cm³/mol. The van der Waals surface area contributed by atoms with Crippen LogP contribution in [0.1, 0.15) is 47.0 Å². The summed E-state index contributed by atoms with van der Waals surface area (Å²) in [5.74, 6) is 0.784. The van der Waals surface area contributed by atoms with Gasteiger partial charge in [0.15, 0.2) is 0 Å². The lowest BCUT2D eigenvalue weighted by atomic mass is 9.97. The van der Waals surface area contributed by atoms with Gasteiger partial charge in [0.25, 0.3) is 0 Å². The van der Waals surface area contributed by atoms with Crippen LogP contribution in [0.2, 0.25) is 0 Å². The van der Waals surface area contributed by atoms with Crippen molar-refractivity contribution in [1.82, 2.24) is 5.32 Å². The molecule has 0 rings (SSSR count). The molecule has 4 unspecified atom stereocenters. The van der Waals surface area contributed by atoms with E-state index in [0.717, 1.165) is 5.92 Å². The van der Waals surface area contributed by atoms with Crippen molar-refractivity contribution in [3.05, 3.63) is 0 Å². The normalized spacial score (nSPS) is 19.1. The van der Waals surface area contributed by atoms with E-state index in [9.17, 15) is 5.11 Å². The third kappa shape index (κ3) is 6.12. The van der Waals surface area contributed by atoms with Crippen molar-refractivity contribution in [2.45, 2.75) is 64.3 Å². The van der Waals surface area contributed by atoms with Crippen molar-refractivity contribution >= 4 is 11.8 Å². The molecule has 0 aliphatic rings. The van der Waals surface area contributed by atoms with Crippen LogP contribution in [-0.2, 0) is 0 Å². The van der Waals surface area contributed by atoms with E-state index in [0.29, 0.717) is 17.3 Å². The number of rotatable bonds is 9. The van der Waals surface area contributed by atoms with E-state index in [1.807, 2.05) is 0 Å². The van der Waals surface area contributed by atoms with Gasteiger partial charge in [-0.05, 0) is 31.9 Å². The monoisotopic (exact) mass is 247 g/mol. The van der Waals surface area contributed by atoms with Crippen molar-refractivity contribution < 1.29 is 5.11 Å². The van der Waals surface area contributed by atoms with Gasteiger partial charge in [-0.25, -0.2) is 0 Å². The molecule has 2 nitrogen and oxygen atoms in total. The van der Waals surface area contributed by atoms with Gasteiger partial charge in [0.1, 0.15) is 0 Å². The first kappa shape index (κ1) is 16.3. The minimum absolute atomic E-state index is 0.259. The molecule has 4 atom stereocenters. The van der Waals surface area contributed by atoms with Gasteiger partial charge in [-0.1, -0.05) is 27.2 Å². The van der Waals surface area contributed by atoms with Crippen LogP contribution < -0.4 is 5.32 Å². The average molecular weight is 247 g/mol. The Hall–Kier alpha value is 0.270. The van der Waals surface area contributed by atoms with Crippen molar-refractivity contribution in [3.8, 4) is 0 Å². The molecule has 0 fully saturated rings. The quantitative estimate of drug-likeness (QED) is 0.657. The van der Waals surface area contributed by atoms with Gasteiger partial charge in [-0.15, -0.1) is 0 Å². The number of hydrogen-bond acceptors (Lipinski definition) is 3. The lowest BCUT2D eigenvalue weighted by Gasteiger charge is -2.28. The zero-order valence-corrected chi connectivity index (χ0v) is 12.3. The maximum absolute atomic E-state index is 9.25. The molecule has 16 heavy (non-hydrogen) atoms. The molecule has 0 aliphatic carbocycles. The first-order chi connectivity index (χ1) is 7.58. The van der Waals surface area contributed by atoms with Crippen molar-refractivity contribution in [2.24, 2.45) is 5.92 Å². The number of thioether (sulfide) groups is 1. The van der Waals surface area contributed by atoms with Crippen LogP contribution in [0.3, 0.4) is 0 Å². The predicted octanol–water partition coefficient (Wildman–Crippen LogP) is 2.90. The zero-order chi connectivity index (χ0) is 12.6. The Morgan fingerprint density at radius 2 is 1.81 bits per heavy atom. The van der Waals surface area contributed by atoms with Crippen LogP contribution in [0.4, 0.5) is 0 Å². The highest BCUT2D eigenvalue weighted by Crippen LogP contribution is 2.16. The number of hydrogen-bond donors (Lipinski definition) is 2. The molecule has 98 valence electrons. The van der Waals surface area contributed by atoms with Gasteiger partial charge in [0.05, 0.1) is 6.61 Å². The second-order valence-electron chi connectivity index (χ2n) is 4.77. The Bertz CT molecular complexity index is 162. The highest BCUT2D eigenvalue weighted by molar-refractivity contribution is 7.99. The minimum atomic E-state index is 0.259. The van der Waals surface area contributed by atoms with Crippen LogP contribution in [0.25, 0.3) is 0 Å². The molecule has 0 amide bonds. The molecule has 0 aromatic rings. The van der Waals surface area contributed by atoms with Crippen LogP contribution in [0.15, 0.2) is 0 Å². The summed E-state index contributed by atoms with van der Waals surface area (Å²) < 4.78 is 0. The molecule has 2 N–H and O–H groups in total. The lowest BCUT2D eigenvalue weighted by Crippen LogP contribution is -2.44. The van der Waals surface area contributed by atoms with E-state index in [-0.39, 0.29) is 6.61 Å². The highest BCUT2D eigenvalue weighted by Gasteiger charge is 2.19. The molecule has 0 aromatic heterocycles. The molecule has 0 spiro atoms. The summed E-state index contributed by atoms with van der Waals surface area (Å²) in [6, 6.07) is 0.972. The van der Waals surface area contributed by atoms with Crippen LogP contribution in [0.5, 0.6) is 0 Å². The molecule has 0 radical (unpaired) electrons. The molecule has 3 heteroatoms. The number of aliphatic hydroxyl groups excluding tert-OH is 1. The Kier molecular flexibility index (Phi) is 9.47.